The minimum Gasteiger partial charge on any atom is -0.478 e. The van der Waals surface area contributed by atoms with Gasteiger partial charge in [-0.2, -0.15) is 12.6 Å². The lowest BCUT2D eigenvalue weighted by Crippen LogP contribution is -2.03. The van der Waals surface area contributed by atoms with E-state index in [9.17, 15) is 14.7 Å². The molecule has 0 unspecified atom stereocenters. The second kappa shape index (κ2) is 6.95. The van der Waals surface area contributed by atoms with Gasteiger partial charge in [-0.25, -0.2) is 9.59 Å². The zero-order valence-electron chi connectivity index (χ0n) is 11.6. The predicted octanol–water partition coefficient (Wildman–Crippen LogP) is 3.68. The molecule has 0 aromatic heterocycles. The number of hydrogen-bond donors (Lipinski definition) is 3. The van der Waals surface area contributed by atoms with Crippen LogP contribution in [0.2, 0.25) is 0 Å². The Hall–Kier alpha value is -2.53. The van der Waals surface area contributed by atoms with Gasteiger partial charge in [0.2, 0.25) is 0 Å². The first-order valence-corrected chi connectivity index (χ1v) is 7.13. The molecule has 0 spiro atoms. The minimum absolute atomic E-state index is 0.0510. The summed E-state index contributed by atoms with van der Waals surface area (Å²) in [6.07, 6.45) is 3.35. The van der Waals surface area contributed by atoms with Crippen LogP contribution in [0.15, 0.2) is 42.5 Å². The summed E-state index contributed by atoms with van der Waals surface area (Å²) in [5, 5.41) is 18.2. The van der Waals surface area contributed by atoms with Gasteiger partial charge in [0.15, 0.2) is 0 Å². The van der Waals surface area contributed by atoms with Crippen LogP contribution >= 0.6 is 12.6 Å². The smallest absolute Gasteiger partial charge is 0.336 e. The Kier molecular flexibility index (Phi) is 5.01. The van der Waals surface area contributed by atoms with Crippen LogP contribution in [0.25, 0.3) is 12.2 Å². The van der Waals surface area contributed by atoms with Gasteiger partial charge in [-0.15, -0.1) is 0 Å². The lowest BCUT2D eigenvalue weighted by atomic mass is 10.0. The Morgan fingerprint density at radius 3 is 2.18 bits per heavy atom. The van der Waals surface area contributed by atoms with Crippen molar-refractivity contribution in [1.29, 1.82) is 0 Å². The van der Waals surface area contributed by atoms with E-state index in [2.05, 4.69) is 12.6 Å². The molecule has 0 amide bonds. The Bertz CT molecular complexity index is 733. The second-order valence-electron chi connectivity index (χ2n) is 4.65. The molecule has 2 aromatic rings. The van der Waals surface area contributed by atoms with Crippen LogP contribution in [0, 0.1) is 0 Å². The normalized spacial score (nSPS) is 10.8. The Balaban J connectivity index is 2.36. The van der Waals surface area contributed by atoms with E-state index in [-0.39, 0.29) is 11.1 Å². The van der Waals surface area contributed by atoms with Crippen molar-refractivity contribution in [3.05, 3.63) is 70.3 Å². The van der Waals surface area contributed by atoms with Gasteiger partial charge in [0.1, 0.15) is 0 Å². The molecular formula is C17H14O4S. The summed E-state index contributed by atoms with van der Waals surface area (Å²) in [7, 11) is 0. The summed E-state index contributed by atoms with van der Waals surface area (Å²) in [4.78, 5) is 22.2. The fourth-order valence-corrected chi connectivity index (χ4v) is 2.16. The van der Waals surface area contributed by atoms with Crippen molar-refractivity contribution in [2.24, 2.45) is 0 Å². The first kappa shape index (κ1) is 15.9. The van der Waals surface area contributed by atoms with Crippen molar-refractivity contribution in [2.45, 2.75) is 5.75 Å². The third-order valence-corrected chi connectivity index (χ3v) is 3.51. The highest BCUT2D eigenvalue weighted by atomic mass is 32.1. The van der Waals surface area contributed by atoms with Crippen molar-refractivity contribution in [3.63, 3.8) is 0 Å². The van der Waals surface area contributed by atoms with E-state index in [1.807, 2.05) is 24.3 Å². The molecule has 4 nitrogen and oxygen atoms in total. The highest BCUT2D eigenvalue weighted by Crippen LogP contribution is 2.17. The monoisotopic (exact) mass is 314 g/mol. The maximum Gasteiger partial charge on any atom is 0.336 e. The Morgan fingerprint density at radius 1 is 0.955 bits per heavy atom. The van der Waals surface area contributed by atoms with Crippen LogP contribution in [0.5, 0.6) is 0 Å². The Labute approximate surface area is 133 Å². The number of carboxylic acids is 2. The highest BCUT2D eigenvalue weighted by Gasteiger charge is 2.11. The quantitative estimate of drug-likeness (QED) is 0.581. The lowest BCUT2D eigenvalue weighted by Gasteiger charge is -2.03. The van der Waals surface area contributed by atoms with E-state index in [1.165, 1.54) is 18.2 Å². The number of hydrogen-bond acceptors (Lipinski definition) is 3. The van der Waals surface area contributed by atoms with Crippen molar-refractivity contribution in [3.8, 4) is 0 Å². The fraction of sp³-hybridized carbons (Fsp3) is 0.0588. The summed E-state index contributed by atoms with van der Waals surface area (Å²) in [6, 6.07) is 11.6. The number of benzene rings is 2. The van der Waals surface area contributed by atoms with E-state index in [0.717, 1.165) is 11.1 Å². The third-order valence-electron chi connectivity index (χ3n) is 3.15. The van der Waals surface area contributed by atoms with E-state index in [4.69, 9.17) is 5.11 Å². The van der Waals surface area contributed by atoms with Crippen molar-refractivity contribution in [2.75, 3.05) is 0 Å². The maximum atomic E-state index is 11.2. The molecule has 0 aliphatic heterocycles. The van der Waals surface area contributed by atoms with Gasteiger partial charge in [-0.3, -0.25) is 0 Å². The van der Waals surface area contributed by atoms with Crippen molar-refractivity contribution >= 4 is 36.7 Å². The van der Waals surface area contributed by atoms with Gasteiger partial charge in [0.05, 0.1) is 11.1 Å². The van der Waals surface area contributed by atoms with Gasteiger partial charge in [-0.05, 0) is 34.9 Å². The van der Waals surface area contributed by atoms with Gasteiger partial charge >= 0.3 is 11.9 Å². The molecule has 5 heteroatoms. The van der Waals surface area contributed by atoms with Gasteiger partial charge in [0.25, 0.3) is 0 Å². The standard InChI is InChI=1S/C17H14O4S/c18-16(19)14-7-8-15(17(20)21)13(9-14)6-5-11-1-3-12(10-22)4-2-11/h1-9,22H,10H2,(H,18,19)(H,20,21)/b6-5+. The van der Waals surface area contributed by atoms with Crippen LogP contribution in [0.1, 0.15) is 37.4 Å². The van der Waals surface area contributed by atoms with E-state index < -0.39 is 11.9 Å². The first-order chi connectivity index (χ1) is 10.5. The molecule has 0 saturated carbocycles. The SMILES string of the molecule is O=C(O)c1ccc(C(=O)O)c(/C=C/c2ccc(CS)cc2)c1. The van der Waals surface area contributed by atoms with E-state index in [1.54, 1.807) is 12.2 Å². The summed E-state index contributed by atoms with van der Waals surface area (Å²) in [5.74, 6) is -1.54. The molecule has 0 aliphatic carbocycles. The number of rotatable bonds is 5. The largest absolute Gasteiger partial charge is 0.478 e. The number of aromatic carboxylic acids is 2. The van der Waals surface area contributed by atoms with Crippen LogP contribution in [0.4, 0.5) is 0 Å². The van der Waals surface area contributed by atoms with Crippen LogP contribution in [-0.2, 0) is 5.75 Å². The summed E-state index contributed by atoms with van der Waals surface area (Å²) >= 11 is 4.18. The highest BCUT2D eigenvalue weighted by molar-refractivity contribution is 7.79. The summed E-state index contributed by atoms with van der Waals surface area (Å²) < 4.78 is 0. The van der Waals surface area contributed by atoms with E-state index in [0.29, 0.717) is 11.3 Å². The summed E-state index contributed by atoms with van der Waals surface area (Å²) in [6.45, 7) is 0. The molecular weight excluding hydrogens is 300 g/mol. The molecule has 0 radical (unpaired) electrons. The summed E-state index contributed by atoms with van der Waals surface area (Å²) in [5.41, 5.74) is 2.44. The topological polar surface area (TPSA) is 74.6 Å². The average molecular weight is 314 g/mol. The van der Waals surface area contributed by atoms with Crippen LogP contribution in [-0.4, -0.2) is 22.2 Å². The molecule has 22 heavy (non-hydrogen) atoms. The van der Waals surface area contributed by atoms with Crippen LogP contribution in [0.3, 0.4) is 0 Å². The zero-order valence-corrected chi connectivity index (χ0v) is 12.5. The molecule has 2 N–H and O–H groups in total. The molecule has 0 fully saturated rings. The van der Waals surface area contributed by atoms with Crippen molar-refractivity contribution in [1.82, 2.24) is 0 Å². The molecule has 112 valence electrons. The third kappa shape index (κ3) is 3.77. The number of carbonyl (C=O) groups is 2. The van der Waals surface area contributed by atoms with Gasteiger partial charge in [-0.1, -0.05) is 36.4 Å². The molecule has 0 saturated heterocycles. The predicted molar refractivity (Wildman–Crippen MR) is 88.4 cm³/mol. The van der Waals surface area contributed by atoms with Crippen molar-refractivity contribution < 1.29 is 19.8 Å². The molecule has 0 heterocycles. The maximum absolute atomic E-state index is 11.2. The number of carboxylic acid groups (broad SMARTS) is 2. The molecule has 0 bridgehead atoms. The Morgan fingerprint density at radius 2 is 1.64 bits per heavy atom. The molecule has 0 aliphatic rings. The fourth-order valence-electron chi connectivity index (χ4n) is 1.95. The van der Waals surface area contributed by atoms with E-state index >= 15 is 0 Å². The number of thiol groups is 1. The molecule has 2 aromatic carbocycles. The first-order valence-electron chi connectivity index (χ1n) is 6.50. The van der Waals surface area contributed by atoms with Gasteiger partial charge in [0, 0.05) is 5.75 Å². The average Bonchev–Trinajstić information content (AvgIpc) is 2.52. The molecule has 2 rings (SSSR count). The minimum atomic E-state index is -1.10. The second-order valence-corrected chi connectivity index (χ2v) is 4.96. The lowest BCUT2D eigenvalue weighted by molar-refractivity contribution is 0.0681. The van der Waals surface area contributed by atoms with Crippen LogP contribution < -0.4 is 0 Å². The molecule has 0 atom stereocenters. The zero-order chi connectivity index (χ0) is 16.1. The van der Waals surface area contributed by atoms with Gasteiger partial charge < -0.3 is 10.2 Å².